The molecule has 18 heavy (non-hydrogen) atoms. The molecule has 0 atom stereocenters. The Balaban J connectivity index is 2.04. The highest BCUT2D eigenvalue weighted by Crippen LogP contribution is 2.30. The quantitative estimate of drug-likeness (QED) is 0.862. The Hall–Kier alpha value is -0.770. The van der Waals surface area contributed by atoms with Gasteiger partial charge in [-0.15, -0.1) is 0 Å². The van der Waals surface area contributed by atoms with Crippen molar-refractivity contribution in [3.05, 3.63) is 23.7 Å². The van der Waals surface area contributed by atoms with Gasteiger partial charge in [0.2, 0.25) is 0 Å². The Morgan fingerprint density at radius 2 is 2.11 bits per heavy atom. The Morgan fingerprint density at radius 3 is 2.67 bits per heavy atom. The summed E-state index contributed by atoms with van der Waals surface area (Å²) in [4.78, 5) is 12.2. The van der Waals surface area contributed by atoms with Crippen molar-refractivity contribution in [3.63, 3.8) is 0 Å². The van der Waals surface area contributed by atoms with Crippen LogP contribution in [-0.2, 0) is 6.42 Å². The summed E-state index contributed by atoms with van der Waals surface area (Å²) in [6, 6.07) is 3.63. The third-order valence-corrected chi connectivity index (χ3v) is 4.75. The number of furan rings is 1. The largest absolute Gasteiger partial charge is 0.456 e. The van der Waals surface area contributed by atoms with Gasteiger partial charge in [0.1, 0.15) is 5.76 Å². The van der Waals surface area contributed by atoms with Crippen LogP contribution in [0.2, 0.25) is 0 Å². The van der Waals surface area contributed by atoms with E-state index >= 15 is 0 Å². The van der Waals surface area contributed by atoms with Gasteiger partial charge in [-0.3, -0.25) is 4.79 Å². The van der Waals surface area contributed by atoms with Crippen molar-refractivity contribution in [1.82, 2.24) is 5.32 Å². The molecule has 0 radical (unpaired) electrons. The lowest BCUT2D eigenvalue weighted by Gasteiger charge is -2.36. The molecule has 2 rings (SSSR count). The predicted molar refractivity (Wildman–Crippen MR) is 75.2 cm³/mol. The molecule has 100 valence electrons. The lowest BCUT2D eigenvalue weighted by molar-refractivity contribution is 0.0856. The number of hydrogen-bond donors (Lipinski definition) is 1. The number of halogens is 1. The summed E-state index contributed by atoms with van der Waals surface area (Å²) in [5, 5.41) is 3.97. The number of carbonyl (C=O) groups excluding carboxylic acids is 1. The van der Waals surface area contributed by atoms with Crippen LogP contribution < -0.4 is 5.32 Å². The number of aryl methyl sites for hydroxylation is 1. The Bertz CT molecular complexity index is 408. The summed E-state index contributed by atoms with van der Waals surface area (Å²) >= 11 is 3.54. The third kappa shape index (κ3) is 2.97. The number of hydrogen-bond acceptors (Lipinski definition) is 2. The molecular weight excluding hydrogens is 294 g/mol. The topological polar surface area (TPSA) is 42.2 Å². The zero-order chi connectivity index (χ0) is 13.0. The molecule has 1 N–H and O–H groups in total. The van der Waals surface area contributed by atoms with Gasteiger partial charge >= 0.3 is 0 Å². The highest BCUT2D eigenvalue weighted by Gasteiger charge is 2.33. The molecule has 0 saturated heterocycles. The molecule has 1 aliphatic rings. The molecule has 1 aromatic rings. The van der Waals surface area contributed by atoms with Gasteiger partial charge in [-0.05, 0) is 25.0 Å². The van der Waals surface area contributed by atoms with E-state index in [1.54, 1.807) is 6.07 Å². The van der Waals surface area contributed by atoms with Crippen LogP contribution in [0, 0.1) is 0 Å². The van der Waals surface area contributed by atoms with Crippen LogP contribution in [0.1, 0.15) is 55.3 Å². The first-order valence-electron chi connectivity index (χ1n) is 6.66. The van der Waals surface area contributed by atoms with Crippen molar-refractivity contribution in [2.45, 2.75) is 51.0 Å². The van der Waals surface area contributed by atoms with Crippen molar-refractivity contribution in [2.75, 3.05) is 5.33 Å². The second-order valence-electron chi connectivity index (χ2n) is 5.05. The van der Waals surface area contributed by atoms with Gasteiger partial charge in [-0.2, -0.15) is 0 Å². The molecule has 4 heteroatoms. The Kier molecular flexibility index (Phi) is 4.49. The van der Waals surface area contributed by atoms with E-state index in [2.05, 4.69) is 21.2 Å². The van der Waals surface area contributed by atoms with Crippen molar-refractivity contribution in [1.29, 1.82) is 0 Å². The van der Waals surface area contributed by atoms with Crippen molar-refractivity contribution >= 4 is 21.8 Å². The first kappa shape index (κ1) is 13.7. The average molecular weight is 314 g/mol. The predicted octanol–water partition coefficient (Wildman–Crippen LogP) is 3.67. The van der Waals surface area contributed by atoms with Crippen LogP contribution in [0.25, 0.3) is 0 Å². The van der Waals surface area contributed by atoms with Crippen molar-refractivity contribution in [2.24, 2.45) is 0 Å². The molecule has 1 fully saturated rings. The lowest BCUT2D eigenvalue weighted by atomic mass is 9.83. The molecule has 0 aromatic carbocycles. The van der Waals surface area contributed by atoms with Gasteiger partial charge < -0.3 is 9.73 Å². The minimum Gasteiger partial charge on any atom is -0.456 e. The molecule has 0 unspecified atom stereocenters. The number of alkyl halides is 1. The molecule has 0 aliphatic heterocycles. The van der Waals surface area contributed by atoms with E-state index in [4.69, 9.17) is 4.42 Å². The second-order valence-corrected chi connectivity index (χ2v) is 5.61. The van der Waals surface area contributed by atoms with E-state index in [1.807, 2.05) is 13.0 Å². The monoisotopic (exact) mass is 313 g/mol. The van der Waals surface area contributed by atoms with Crippen LogP contribution in [0.4, 0.5) is 0 Å². The summed E-state index contributed by atoms with van der Waals surface area (Å²) < 4.78 is 5.50. The number of carbonyl (C=O) groups is 1. The molecule has 1 heterocycles. The van der Waals surface area contributed by atoms with Crippen LogP contribution >= 0.6 is 15.9 Å². The maximum Gasteiger partial charge on any atom is 0.287 e. The fourth-order valence-corrected chi connectivity index (χ4v) is 3.21. The summed E-state index contributed by atoms with van der Waals surface area (Å²) in [6.45, 7) is 2.02. The fraction of sp³-hybridized carbons (Fsp3) is 0.643. The number of nitrogens with one attached hydrogen (secondary N) is 1. The van der Waals surface area contributed by atoms with E-state index in [1.165, 1.54) is 19.3 Å². The van der Waals surface area contributed by atoms with Crippen LogP contribution in [0.3, 0.4) is 0 Å². The van der Waals surface area contributed by atoms with E-state index in [9.17, 15) is 4.79 Å². The molecule has 1 aliphatic carbocycles. The summed E-state index contributed by atoms with van der Waals surface area (Å²) in [5.41, 5.74) is -0.0888. The maximum absolute atomic E-state index is 12.2. The number of amides is 1. The van der Waals surface area contributed by atoms with Gasteiger partial charge in [0.05, 0.1) is 5.54 Å². The van der Waals surface area contributed by atoms with Crippen molar-refractivity contribution < 1.29 is 9.21 Å². The van der Waals surface area contributed by atoms with Crippen molar-refractivity contribution in [3.8, 4) is 0 Å². The normalized spacial score (nSPS) is 18.6. The minimum absolute atomic E-state index is 0.0870. The minimum atomic E-state index is -0.0888. The standard InChI is InChI=1S/C14H20BrNO2/c1-2-11-6-7-12(18-11)13(17)16-14(10-15)8-4-3-5-9-14/h6-7H,2-5,8-10H2,1H3,(H,16,17). The molecule has 1 amide bonds. The molecule has 3 nitrogen and oxygen atoms in total. The summed E-state index contributed by atoms with van der Waals surface area (Å²) in [7, 11) is 0. The number of rotatable bonds is 4. The second kappa shape index (κ2) is 5.91. The van der Waals surface area contributed by atoms with Gasteiger partial charge in [-0.25, -0.2) is 0 Å². The zero-order valence-corrected chi connectivity index (χ0v) is 12.4. The fourth-order valence-electron chi connectivity index (χ4n) is 2.51. The molecule has 0 spiro atoms. The van der Waals surface area contributed by atoms with Crippen LogP contribution in [-0.4, -0.2) is 16.8 Å². The highest BCUT2D eigenvalue weighted by atomic mass is 79.9. The van der Waals surface area contributed by atoms with Gasteiger partial charge in [0, 0.05) is 11.8 Å². The summed E-state index contributed by atoms with van der Waals surface area (Å²) in [6.07, 6.45) is 6.55. The van der Waals surface area contributed by atoms with Gasteiger partial charge in [-0.1, -0.05) is 42.1 Å². The first-order valence-corrected chi connectivity index (χ1v) is 7.78. The Morgan fingerprint density at radius 1 is 1.39 bits per heavy atom. The van der Waals surface area contributed by atoms with E-state index in [0.717, 1.165) is 30.4 Å². The van der Waals surface area contributed by atoms with Crippen LogP contribution in [0.5, 0.6) is 0 Å². The summed E-state index contributed by atoms with van der Waals surface area (Å²) in [5.74, 6) is 1.20. The van der Waals surface area contributed by atoms with Crippen LogP contribution in [0.15, 0.2) is 16.5 Å². The Labute approximate surface area is 116 Å². The molecule has 1 saturated carbocycles. The van der Waals surface area contributed by atoms with Gasteiger partial charge in [0.25, 0.3) is 5.91 Å². The zero-order valence-electron chi connectivity index (χ0n) is 10.8. The van der Waals surface area contributed by atoms with Gasteiger partial charge in [0.15, 0.2) is 5.76 Å². The maximum atomic E-state index is 12.2. The molecule has 1 aromatic heterocycles. The van der Waals surface area contributed by atoms with E-state index in [0.29, 0.717) is 5.76 Å². The first-order chi connectivity index (χ1) is 8.69. The molecule has 0 bridgehead atoms. The molecular formula is C14H20BrNO2. The van der Waals surface area contributed by atoms with E-state index < -0.39 is 0 Å². The van der Waals surface area contributed by atoms with E-state index in [-0.39, 0.29) is 11.4 Å². The highest BCUT2D eigenvalue weighted by molar-refractivity contribution is 9.09. The average Bonchev–Trinajstić information content (AvgIpc) is 2.88. The SMILES string of the molecule is CCc1ccc(C(=O)NC2(CBr)CCCCC2)o1. The third-order valence-electron chi connectivity index (χ3n) is 3.68. The smallest absolute Gasteiger partial charge is 0.287 e. The lowest BCUT2D eigenvalue weighted by Crippen LogP contribution is -2.51.